The molecular formula is C22H22N2O5S. The van der Waals surface area contributed by atoms with Crippen LogP contribution in [0.4, 0.5) is 4.79 Å². The molecule has 3 amide bonds. The van der Waals surface area contributed by atoms with Crippen molar-refractivity contribution in [1.29, 1.82) is 0 Å². The Hall–Kier alpha value is -2.84. The zero-order valence-electron chi connectivity index (χ0n) is 16.6. The van der Waals surface area contributed by atoms with Crippen molar-refractivity contribution in [3.63, 3.8) is 0 Å². The molecule has 0 aliphatic carbocycles. The highest BCUT2D eigenvalue weighted by atomic mass is 32.2. The minimum absolute atomic E-state index is 0.0771. The van der Waals surface area contributed by atoms with Crippen LogP contribution in [0, 0.1) is 6.92 Å². The zero-order valence-corrected chi connectivity index (χ0v) is 17.4. The number of ether oxygens (including phenoxy) is 2. The number of aryl methyl sites for hydroxylation is 1. The van der Waals surface area contributed by atoms with Gasteiger partial charge in [-0.15, -0.1) is 0 Å². The van der Waals surface area contributed by atoms with Crippen LogP contribution in [0.3, 0.4) is 0 Å². The van der Waals surface area contributed by atoms with E-state index < -0.39 is 5.44 Å². The minimum atomic E-state index is -0.835. The highest BCUT2D eigenvalue weighted by Gasteiger charge is 2.40. The molecule has 7 nitrogen and oxygen atoms in total. The van der Waals surface area contributed by atoms with Gasteiger partial charge in [0.2, 0.25) is 0 Å². The molecule has 0 aromatic heterocycles. The van der Waals surface area contributed by atoms with Gasteiger partial charge in [-0.05, 0) is 48.4 Å². The van der Waals surface area contributed by atoms with Crippen LogP contribution in [0.1, 0.15) is 27.9 Å². The second-order valence-corrected chi connectivity index (χ2v) is 8.20. The Morgan fingerprint density at radius 2 is 1.93 bits per heavy atom. The molecule has 0 radical (unpaired) electrons. The predicted octanol–water partition coefficient (Wildman–Crippen LogP) is 3.42. The van der Waals surface area contributed by atoms with Crippen molar-refractivity contribution >= 4 is 28.8 Å². The number of rotatable bonds is 7. The molecule has 8 heteroatoms. The first-order valence-electron chi connectivity index (χ1n) is 9.73. The van der Waals surface area contributed by atoms with Crippen molar-refractivity contribution in [2.75, 3.05) is 19.9 Å². The predicted molar refractivity (Wildman–Crippen MR) is 112 cm³/mol. The average molecular weight is 426 g/mol. The molecule has 0 N–H and O–H groups in total. The van der Waals surface area contributed by atoms with Gasteiger partial charge in [0.25, 0.3) is 17.1 Å². The molecule has 2 aromatic rings. The summed E-state index contributed by atoms with van der Waals surface area (Å²) in [6, 6.07) is 14.9. The summed E-state index contributed by atoms with van der Waals surface area (Å²) in [6.07, 6.45) is 0.535. The van der Waals surface area contributed by atoms with Crippen LogP contribution in [0.25, 0.3) is 0 Å². The van der Waals surface area contributed by atoms with Crippen molar-refractivity contribution in [2.45, 2.75) is 25.3 Å². The maximum Gasteiger partial charge on any atom is 0.291 e. The Balaban J connectivity index is 1.25. The summed E-state index contributed by atoms with van der Waals surface area (Å²) in [5.41, 5.74) is 1.65. The molecular weight excluding hydrogens is 404 g/mol. The van der Waals surface area contributed by atoms with E-state index >= 15 is 0 Å². The van der Waals surface area contributed by atoms with Gasteiger partial charge in [0.15, 0.2) is 12.2 Å². The van der Waals surface area contributed by atoms with E-state index in [2.05, 4.69) is 0 Å². The van der Waals surface area contributed by atoms with Crippen LogP contribution in [0.5, 0.6) is 5.75 Å². The van der Waals surface area contributed by atoms with E-state index in [4.69, 9.17) is 9.47 Å². The number of amides is 3. The number of carbonyl (C=O) groups is 3. The lowest BCUT2D eigenvalue weighted by Crippen LogP contribution is -2.39. The smallest absolute Gasteiger partial charge is 0.291 e. The number of carbonyl (C=O) groups excluding carboxylic acids is 3. The number of benzene rings is 2. The van der Waals surface area contributed by atoms with Gasteiger partial charge in [-0.2, -0.15) is 0 Å². The second kappa shape index (κ2) is 8.89. The first kappa shape index (κ1) is 20.4. The molecule has 1 atom stereocenters. The van der Waals surface area contributed by atoms with E-state index in [9.17, 15) is 14.4 Å². The van der Waals surface area contributed by atoms with Crippen LogP contribution < -0.4 is 4.74 Å². The van der Waals surface area contributed by atoms with Crippen molar-refractivity contribution in [3.8, 4) is 5.75 Å². The van der Waals surface area contributed by atoms with Crippen molar-refractivity contribution < 1.29 is 23.9 Å². The van der Waals surface area contributed by atoms with E-state index in [0.717, 1.165) is 22.9 Å². The molecule has 0 spiro atoms. The van der Waals surface area contributed by atoms with Gasteiger partial charge in [-0.25, -0.2) is 0 Å². The van der Waals surface area contributed by atoms with Gasteiger partial charge in [0.05, 0.1) is 18.7 Å². The Kier molecular flexibility index (Phi) is 6.06. The van der Waals surface area contributed by atoms with Crippen LogP contribution in [0.15, 0.2) is 48.5 Å². The van der Waals surface area contributed by atoms with Gasteiger partial charge in [-0.3, -0.25) is 19.3 Å². The maximum atomic E-state index is 12.6. The van der Waals surface area contributed by atoms with E-state index in [-0.39, 0.29) is 36.9 Å². The fourth-order valence-electron chi connectivity index (χ4n) is 3.35. The molecule has 0 bridgehead atoms. The third kappa shape index (κ3) is 4.34. The van der Waals surface area contributed by atoms with Crippen LogP contribution in [-0.4, -0.2) is 52.2 Å². The largest absolute Gasteiger partial charge is 0.472 e. The van der Waals surface area contributed by atoms with Crippen LogP contribution >= 0.6 is 11.8 Å². The number of hydrogen-bond acceptors (Lipinski definition) is 6. The van der Waals surface area contributed by atoms with Crippen molar-refractivity contribution in [3.05, 3.63) is 65.2 Å². The number of hydrogen-bond donors (Lipinski definition) is 0. The number of thioether (sulfide) groups is 1. The monoisotopic (exact) mass is 426 g/mol. The van der Waals surface area contributed by atoms with Gasteiger partial charge in [-0.1, -0.05) is 36.4 Å². The summed E-state index contributed by atoms with van der Waals surface area (Å²) < 4.78 is 11.3. The average Bonchev–Trinajstić information content (AvgIpc) is 3.01. The molecule has 30 heavy (non-hydrogen) atoms. The highest BCUT2D eigenvalue weighted by Crippen LogP contribution is 2.30. The van der Waals surface area contributed by atoms with Crippen molar-refractivity contribution in [2.24, 2.45) is 0 Å². The van der Waals surface area contributed by atoms with Gasteiger partial charge in [0, 0.05) is 6.54 Å². The first-order chi connectivity index (χ1) is 14.5. The van der Waals surface area contributed by atoms with Crippen molar-refractivity contribution in [1.82, 2.24) is 9.80 Å². The first-order valence-corrected chi connectivity index (χ1v) is 10.6. The van der Waals surface area contributed by atoms with Crippen LogP contribution in [-0.2, 0) is 16.1 Å². The van der Waals surface area contributed by atoms with Gasteiger partial charge >= 0.3 is 0 Å². The zero-order chi connectivity index (χ0) is 21.1. The third-order valence-electron chi connectivity index (χ3n) is 4.95. The van der Waals surface area contributed by atoms with Gasteiger partial charge < -0.3 is 14.4 Å². The highest BCUT2D eigenvalue weighted by molar-refractivity contribution is 8.15. The number of nitrogens with zero attached hydrogens (tertiary/aromatic N) is 2. The fraction of sp³-hybridized carbons (Fsp3) is 0.318. The molecule has 4 rings (SSSR count). The molecule has 2 heterocycles. The van der Waals surface area contributed by atoms with E-state index in [0.29, 0.717) is 24.3 Å². The molecule has 2 aliphatic rings. The minimum Gasteiger partial charge on any atom is -0.472 e. The molecule has 1 unspecified atom stereocenters. The lowest BCUT2D eigenvalue weighted by atomic mass is 10.1. The summed E-state index contributed by atoms with van der Waals surface area (Å²) in [7, 11) is 0. The normalized spacial score (nSPS) is 18.6. The Labute approximate surface area is 178 Å². The Bertz CT molecular complexity index is 965. The fourth-order valence-corrected chi connectivity index (χ4v) is 4.21. The standard InChI is InChI=1S/C22H22N2O5S/c1-15-8-9-17-18(12-15)29-14-23(19(17)25)10-5-11-28-21-20(26)24(22(27)30-21)13-16-6-3-2-4-7-16/h2-4,6-9,12,21H,5,10-11,13-14H2,1H3. The summed E-state index contributed by atoms with van der Waals surface area (Å²) in [5, 5.41) is -0.305. The van der Waals surface area contributed by atoms with Gasteiger partial charge in [0.1, 0.15) is 5.75 Å². The van der Waals surface area contributed by atoms with E-state index in [1.54, 1.807) is 11.0 Å². The summed E-state index contributed by atoms with van der Waals surface area (Å²) in [6.45, 7) is 3.09. The molecule has 156 valence electrons. The summed E-state index contributed by atoms with van der Waals surface area (Å²) in [5.74, 6) is 0.194. The number of imide groups is 1. The molecule has 1 fully saturated rings. The third-order valence-corrected chi connectivity index (χ3v) is 5.93. The molecule has 2 aromatic carbocycles. The van der Waals surface area contributed by atoms with E-state index in [1.807, 2.05) is 49.4 Å². The maximum absolute atomic E-state index is 12.6. The molecule has 1 saturated heterocycles. The topological polar surface area (TPSA) is 76.2 Å². The SMILES string of the molecule is Cc1ccc2c(c1)OCN(CCCOC1SC(=O)N(Cc3ccccc3)C1=O)C2=O. The molecule has 2 aliphatic heterocycles. The van der Waals surface area contributed by atoms with E-state index in [1.165, 1.54) is 4.90 Å². The molecule has 0 saturated carbocycles. The summed E-state index contributed by atoms with van der Waals surface area (Å²) in [4.78, 5) is 40.1. The Morgan fingerprint density at radius 3 is 2.73 bits per heavy atom. The Morgan fingerprint density at radius 1 is 1.13 bits per heavy atom. The van der Waals surface area contributed by atoms with Crippen LogP contribution in [0.2, 0.25) is 0 Å². The second-order valence-electron chi connectivity index (χ2n) is 7.19. The number of fused-ring (bicyclic) bond motifs is 1. The quantitative estimate of drug-likeness (QED) is 0.632. The lowest BCUT2D eigenvalue weighted by molar-refractivity contribution is -0.134. The lowest BCUT2D eigenvalue weighted by Gasteiger charge is -2.29. The summed E-state index contributed by atoms with van der Waals surface area (Å²) >= 11 is 0.890.